The highest BCUT2D eigenvalue weighted by atomic mass is 79.9. The monoisotopic (exact) mass is 343 g/mol. The highest BCUT2D eigenvalue weighted by Crippen LogP contribution is 2.31. The Morgan fingerprint density at radius 3 is 2.48 bits per heavy atom. The molecule has 108 valence electrons. The van der Waals surface area contributed by atoms with E-state index < -0.39 is 0 Å². The lowest BCUT2D eigenvalue weighted by Gasteiger charge is -2.04. The molecule has 0 aliphatic rings. The van der Waals surface area contributed by atoms with Gasteiger partial charge >= 0.3 is 0 Å². The molecule has 1 aromatic heterocycles. The number of oxazole rings is 1. The van der Waals surface area contributed by atoms with Crippen molar-refractivity contribution in [3.63, 3.8) is 0 Å². The molecular weight excluding hydrogens is 326 g/mol. The molecule has 0 radical (unpaired) electrons. The molecule has 0 unspecified atom stereocenters. The van der Waals surface area contributed by atoms with Crippen molar-refractivity contribution in [2.75, 3.05) is 0 Å². The predicted molar refractivity (Wildman–Crippen MR) is 90.6 cm³/mol. The number of fused-ring (bicyclic) bond motifs is 1. The fourth-order valence-electron chi connectivity index (χ4n) is 2.38. The van der Waals surface area contributed by atoms with Crippen molar-refractivity contribution in [3.8, 4) is 11.5 Å². The first kappa shape index (κ1) is 14.3. The van der Waals surface area contributed by atoms with E-state index in [1.807, 2.05) is 0 Å². The number of hydrogen-bond donors (Lipinski definition) is 0. The van der Waals surface area contributed by atoms with Crippen LogP contribution in [0.5, 0.6) is 0 Å². The van der Waals surface area contributed by atoms with Crippen LogP contribution in [0, 0.1) is 0 Å². The van der Waals surface area contributed by atoms with E-state index in [1.165, 1.54) is 11.1 Å². The third kappa shape index (κ3) is 2.75. The number of aryl methyl sites for hydroxylation is 1. The fourth-order valence-corrected chi connectivity index (χ4v) is 2.96. The van der Waals surface area contributed by atoms with Gasteiger partial charge in [0.05, 0.1) is 4.47 Å². The van der Waals surface area contributed by atoms with E-state index >= 15 is 0 Å². The van der Waals surface area contributed by atoms with Crippen LogP contribution >= 0.6 is 15.9 Å². The first-order chi connectivity index (χ1) is 10.1. The summed E-state index contributed by atoms with van der Waals surface area (Å²) in [6, 6.07) is 12.6. The van der Waals surface area contributed by atoms with Crippen LogP contribution in [0.25, 0.3) is 22.6 Å². The number of hydrogen-bond acceptors (Lipinski definition) is 2. The number of halogens is 1. The molecule has 0 aliphatic carbocycles. The van der Waals surface area contributed by atoms with Gasteiger partial charge in [0.15, 0.2) is 5.58 Å². The van der Waals surface area contributed by atoms with E-state index in [9.17, 15) is 0 Å². The average molecular weight is 344 g/mol. The molecule has 0 bridgehead atoms. The molecule has 2 aromatic carbocycles. The zero-order valence-corrected chi connectivity index (χ0v) is 14.1. The molecule has 0 fully saturated rings. The van der Waals surface area contributed by atoms with Gasteiger partial charge in [-0.25, -0.2) is 4.98 Å². The van der Waals surface area contributed by atoms with Crippen molar-refractivity contribution < 1.29 is 4.42 Å². The summed E-state index contributed by atoms with van der Waals surface area (Å²) >= 11 is 3.57. The van der Waals surface area contributed by atoms with Crippen LogP contribution in [0.3, 0.4) is 0 Å². The normalized spacial score (nSPS) is 11.5. The highest BCUT2D eigenvalue weighted by Gasteiger charge is 2.12. The van der Waals surface area contributed by atoms with E-state index in [2.05, 4.69) is 78.1 Å². The van der Waals surface area contributed by atoms with Gasteiger partial charge in [0.25, 0.3) is 0 Å². The summed E-state index contributed by atoms with van der Waals surface area (Å²) in [7, 11) is 0. The molecule has 0 spiro atoms. The molecule has 0 aliphatic heterocycles. The van der Waals surface area contributed by atoms with Gasteiger partial charge in [-0.15, -0.1) is 0 Å². The molecule has 0 amide bonds. The third-order valence-electron chi connectivity index (χ3n) is 3.74. The van der Waals surface area contributed by atoms with Crippen molar-refractivity contribution in [2.45, 2.75) is 33.1 Å². The number of benzene rings is 2. The Balaban J connectivity index is 2.06. The molecule has 2 nitrogen and oxygen atoms in total. The Morgan fingerprint density at radius 1 is 1.14 bits per heavy atom. The Hall–Kier alpha value is -1.61. The second-order valence-electron chi connectivity index (χ2n) is 5.58. The number of rotatable bonds is 3. The molecule has 1 heterocycles. The minimum atomic E-state index is 0.531. The van der Waals surface area contributed by atoms with Gasteiger partial charge in [0.1, 0.15) is 5.52 Å². The molecular formula is C18H18BrNO. The summed E-state index contributed by atoms with van der Waals surface area (Å²) in [6.45, 7) is 6.52. The van der Waals surface area contributed by atoms with Crippen molar-refractivity contribution in [1.29, 1.82) is 0 Å². The van der Waals surface area contributed by atoms with E-state index in [1.54, 1.807) is 0 Å². The summed E-state index contributed by atoms with van der Waals surface area (Å²) in [4.78, 5) is 4.63. The molecule has 3 rings (SSSR count). The highest BCUT2D eigenvalue weighted by molar-refractivity contribution is 9.10. The lowest BCUT2D eigenvalue weighted by atomic mass is 10.0. The molecule has 0 saturated heterocycles. The summed E-state index contributed by atoms with van der Waals surface area (Å²) < 4.78 is 6.89. The standard InChI is InChI=1S/C18H18BrNO/c1-4-12-9-15(19)17-16(10-12)20-18(21-17)14-7-5-13(6-8-14)11(2)3/h5-11H,4H2,1-3H3. The molecule has 0 N–H and O–H groups in total. The van der Waals surface area contributed by atoms with Crippen molar-refractivity contribution in [1.82, 2.24) is 4.98 Å². The lowest BCUT2D eigenvalue weighted by molar-refractivity contribution is 0.618. The third-order valence-corrected chi connectivity index (χ3v) is 4.33. The lowest BCUT2D eigenvalue weighted by Crippen LogP contribution is -1.86. The zero-order valence-electron chi connectivity index (χ0n) is 12.5. The van der Waals surface area contributed by atoms with Crippen LogP contribution in [0.2, 0.25) is 0 Å². The van der Waals surface area contributed by atoms with Gasteiger partial charge in [0.2, 0.25) is 5.89 Å². The van der Waals surface area contributed by atoms with Gasteiger partial charge in [-0.1, -0.05) is 32.9 Å². The summed E-state index contributed by atoms with van der Waals surface area (Å²) in [5, 5.41) is 0. The van der Waals surface area contributed by atoms with Crippen LogP contribution in [0.1, 0.15) is 37.8 Å². The zero-order chi connectivity index (χ0) is 15.0. The van der Waals surface area contributed by atoms with Gasteiger partial charge < -0.3 is 4.42 Å². The second kappa shape index (κ2) is 5.64. The number of aromatic nitrogens is 1. The van der Waals surface area contributed by atoms with Gasteiger partial charge in [-0.05, 0) is 63.7 Å². The Morgan fingerprint density at radius 2 is 1.86 bits per heavy atom. The van der Waals surface area contributed by atoms with Gasteiger partial charge in [0, 0.05) is 5.56 Å². The maximum absolute atomic E-state index is 5.93. The van der Waals surface area contributed by atoms with E-state index in [0.29, 0.717) is 11.8 Å². The molecule has 3 heteroatoms. The van der Waals surface area contributed by atoms with Crippen LogP contribution < -0.4 is 0 Å². The number of nitrogens with zero attached hydrogens (tertiary/aromatic N) is 1. The van der Waals surface area contributed by atoms with E-state index in [0.717, 1.165) is 27.6 Å². The van der Waals surface area contributed by atoms with Crippen LogP contribution in [0.4, 0.5) is 0 Å². The van der Waals surface area contributed by atoms with Crippen LogP contribution in [-0.2, 0) is 6.42 Å². The molecule has 0 saturated carbocycles. The Labute approximate surface area is 133 Å². The minimum Gasteiger partial charge on any atom is -0.435 e. The first-order valence-electron chi connectivity index (χ1n) is 7.27. The first-order valence-corrected chi connectivity index (χ1v) is 8.07. The van der Waals surface area contributed by atoms with Gasteiger partial charge in [-0.3, -0.25) is 0 Å². The van der Waals surface area contributed by atoms with E-state index in [4.69, 9.17) is 4.42 Å². The second-order valence-corrected chi connectivity index (χ2v) is 6.43. The quantitative estimate of drug-likeness (QED) is 0.587. The fraction of sp³-hybridized carbons (Fsp3) is 0.278. The maximum atomic E-state index is 5.93. The smallest absolute Gasteiger partial charge is 0.227 e. The van der Waals surface area contributed by atoms with Crippen LogP contribution in [0.15, 0.2) is 45.3 Å². The SMILES string of the molecule is CCc1cc(Br)c2oc(-c3ccc(C(C)C)cc3)nc2c1. The summed E-state index contributed by atoms with van der Waals surface area (Å²) in [6.07, 6.45) is 0.986. The van der Waals surface area contributed by atoms with E-state index in [-0.39, 0.29) is 0 Å². The van der Waals surface area contributed by atoms with Crippen molar-refractivity contribution >= 4 is 27.0 Å². The van der Waals surface area contributed by atoms with Crippen molar-refractivity contribution in [2.24, 2.45) is 0 Å². The topological polar surface area (TPSA) is 26.0 Å². The summed E-state index contributed by atoms with van der Waals surface area (Å²) in [5.74, 6) is 1.21. The Kier molecular flexibility index (Phi) is 3.85. The molecule has 3 aromatic rings. The van der Waals surface area contributed by atoms with Crippen LogP contribution in [-0.4, -0.2) is 4.98 Å². The largest absolute Gasteiger partial charge is 0.435 e. The maximum Gasteiger partial charge on any atom is 0.227 e. The molecule has 21 heavy (non-hydrogen) atoms. The average Bonchev–Trinajstić information content (AvgIpc) is 2.91. The minimum absolute atomic E-state index is 0.531. The summed E-state index contributed by atoms with van der Waals surface area (Å²) in [5.41, 5.74) is 5.31. The van der Waals surface area contributed by atoms with Crippen molar-refractivity contribution in [3.05, 3.63) is 52.0 Å². The molecule has 0 atom stereocenters. The predicted octanol–water partition coefficient (Wildman–Crippen LogP) is 5.94. The Bertz CT molecular complexity index is 772. The van der Waals surface area contributed by atoms with Gasteiger partial charge in [-0.2, -0.15) is 0 Å².